The number of halogens is 1. The van der Waals surface area contributed by atoms with Crippen molar-refractivity contribution >= 4 is 15.7 Å². The Morgan fingerprint density at radius 1 is 1.44 bits per heavy atom. The summed E-state index contributed by atoms with van der Waals surface area (Å²) in [7, 11) is -1.46. The summed E-state index contributed by atoms with van der Waals surface area (Å²) in [6.07, 6.45) is 0. The van der Waals surface area contributed by atoms with Crippen molar-refractivity contribution in [2.75, 3.05) is 12.8 Å². The second-order valence-corrected chi connectivity index (χ2v) is 5.75. The standard InChI is InChI=1S/C10H12FNO3S/c1-12-16(15,7-10(13)14)6-8-2-4-9(11)5-3-8/h2-5H,6-7H2,1H3,(H,13,14). The molecule has 0 aliphatic rings. The van der Waals surface area contributed by atoms with Crippen molar-refractivity contribution in [2.45, 2.75) is 5.75 Å². The fourth-order valence-electron chi connectivity index (χ4n) is 1.21. The number of carboxylic acid groups (broad SMARTS) is 1. The number of aliphatic carboxylic acids is 1. The van der Waals surface area contributed by atoms with Crippen LogP contribution in [0.25, 0.3) is 0 Å². The first kappa shape index (κ1) is 12.6. The smallest absolute Gasteiger partial charge is 0.317 e. The van der Waals surface area contributed by atoms with Gasteiger partial charge in [-0.05, 0) is 17.7 Å². The number of benzene rings is 1. The molecule has 0 bridgehead atoms. The molecule has 0 saturated heterocycles. The minimum absolute atomic E-state index is 0.0239. The average molecular weight is 245 g/mol. The highest BCUT2D eigenvalue weighted by Crippen LogP contribution is 2.10. The van der Waals surface area contributed by atoms with E-state index in [1.165, 1.54) is 31.3 Å². The summed E-state index contributed by atoms with van der Waals surface area (Å²) < 4.78 is 28.2. The van der Waals surface area contributed by atoms with Crippen LogP contribution in [0.3, 0.4) is 0 Å². The predicted molar refractivity (Wildman–Crippen MR) is 59.1 cm³/mol. The van der Waals surface area contributed by atoms with Gasteiger partial charge < -0.3 is 5.11 Å². The van der Waals surface area contributed by atoms with Crippen LogP contribution >= 0.6 is 0 Å². The molecule has 1 aromatic carbocycles. The van der Waals surface area contributed by atoms with Gasteiger partial charge in [0.2, 0.25) is 0 Å². The van der Waals surface area contributed by atoms with Crippen molar-refractivity contribution < 1.29 is 18.5 Å². The van der Waals surface area contributed by atoms with E-state index in [4.69, 9.17) is 5.11 Å². The minimum Gasteiger partial charge on any atom is -0.481 e. The lowest BCUT2D eigenvalue weighted by Crippen LogP contribution is -2.16. The fourth-order valence-corrected chi connectivity index (χ4v) is 2.67. The average Bonchev–Trinajstić information content (AvgIpc) is 2.20. The van der Waals surface area contributed by atoms with Crippen molar-refractivity contribution in [3.63, 3.8) is 0 Å². The van der Waals surface area contributed by atoms with E-state index in [0.717, 1.165) is 0 Å². The van der Waals surface area contributed by atoms with Gasteiger partial charge in [0.15, 0.2) is 0 Å². The van der Waals surface area contributed by atoms with Crippen molar-refractivity contribution in [2.24, 2.45) is 4.36 Å². The molecule has 0 fully saturated rings. The zero-order valence-corrected chi connectivity index (χ0v) is 9.54. The Balaban J connectivity index is 2.90. The van der Waals surface area contributed by atoms with E-state index in [9.17, 15) is 13.4 Å². The van der Waals surface area contributed by atoms with Crippen LogP contribution in [0.2, 0.25) is 0 Å². The Morgan fingerprint density at radius 3 is 2.44 bits per heavy atom. The Kier molecular flexibility index (Phi) is 4.00. The first-order valence-corrected chi connectivity index (χ1v) is 6.37. The molecule has 1 aromatic rings. The normalized spacial score (nSPS) is 14.1. The van der Waals surface area contributed by atoms with Crippen LogP contribution in [-0.4, -0.2) is 28.1 Å². The molecule has 6 heteroatoms. The van der Waals surface area contributed by atoms with Crippen LogP contribution < -0.4 is 0 Å². The van der Waals surface area contributed by atoms with Crippen LogP contribution in [0.5, 0.6) is 0 Å². The summed E-state index contributed by atoms with van der Waals surface area (Å²) in [5.74, 6) is -2.02. The predicted octanol–water partition coefficient (Wildman–Crippen LogP) is 1.51. The largest absolute Gasteiger partial charge is 0.481 e. The van der Waals surface area contributed by atoms with Gasteiger partial charge in [-0.1, -0.05) is 12.1 Å². The van der Waals surface area contributed by atoms with E-state index in [1.54, 1.807) is 0 Å². The van der Waals surface area contributed by atoms with Crippen LogP contribution in [0.1, 0.15) is 5.56 Å². The lowest BCUT2D eigenvalue weighted by Gasteiger charge is -2.06. The first-order chi connectivity index (χ1) is 7.45. The van der Waals surface area contributed by atoms with Gasteiger partial charge in [-0.25, -0.2) is 13.0 Å². The Morgan fingerprint density at radius 2 is 2.00 bits per heavy atom. The molecule has 16 heavy (non-hydrogen) atoms. The molecule has 1 atom stereocenters. The molecule has 0 saturated carbocycles. The lowest BCUT2D eigenvalue weighted by atomic mass is 10.2. The lowest BCUT2D eigenvalue weighted by molar-refractivity contribution is -0.134. The van der Waals surface area contributed by atoms with Crippen LogP contribution in [0.15, 0.2) is 28.6 Å². The number of hydrogen-bond acceptors (Lipinski definition) is 3. The van der Waals surface area contributed by atoms with E-state index < -0.39 is 21.5 Å². The molecule has 1 unspecified atom stereocenters. The molecule has 0 aromatic heterocycles. The molecule has 0 amide bonds. The Bertz CT molecular complexity index is 489. The van der Waals surface area contributed by atoms with Crippen molar-refractivity contribution in [1.29, 1.82) is 0 Å². The van der Waals surface area contributed by atoms with Gasteiger partial charge in [0.1, 0.15) is 11.6 Å². The van der Waals surface area contributed by atoms with Crippen LogP contribution in [0, 0.1) is 5.82 Å². The Labute approximate surface area is 93.3 Å². The maximum atomic E-state index is 12.6. The topological polar surface area (TPSA) is 66.7 Å². The quantitative estimate of drug-likeness (QED) is 0.874. The SMILES string of the molecule is CN=S(=O)(CC(=O)O)Cc1ccc(F)cc1. The summed E-state index contributed by atoms with van der Waals surface area (Å²) in [5.41, 5.74) is 0.609. The highest BCUT2D eigenvalue weighted by atomic mass is 32.2. The van der Waals surface area contributed by atoms with Gasteiger partial charge in [-0.15, -0.1) is 0 Å². The monoisotopic (exact) mass is 245 g/mol. The molecule has 1 rings (SSSR count). The van der Waals surface area contributed by atoms with Crippen molar-refractivity contribution in [3.8, 4) is 0 Å². The highest BCUT2D eigenvalue weighted by Gasteiger charge is 2.14. The van der Waals surface area contributed by atoms with Crippen LogP contribution in [0.4, 0.5) is 4.39 Å². The number of carbonyl (C=O) groups is 1. The summed E-state index contributed by atoms with van der Waals surface area (Å²) in [6.45, 7) is 0. The number of rotatable bonds is 4. The van der Waals surface area contributed by atoms with E-state index in [2.05, 4.69) is 4.36 Å². The maximum absolute atomic E-state index is 12.6. The van der Waals surface area contributed by atoms with Crippen molar-refractivity contribution in [3.05, 3.63) is 35.6 Å². The molecule has 0 radical (unpaired) electrons. The van der Waals surface area contributed by atoms with E-state index in [1.807, 2.05) is 0 Å². The Hall–Kier alpha value is -1.43. The van der Waals surface area contributed by atoms with Gasteiger partial charge in [0.05, 0.1) is 15.5 Å². The highest BCUT2D eigenvalue weighted by molar-refractivity contribution is 7.93. The second-order valence-electron chi connectivity index (χ2n) is 3.26. The van der Waals surface area contributed by atoms with E-state index in [0.29, 0.717) is 5.56 Å². The molecule has 0 aliphatic heterocycles. The number of nitrogens with zero attached hydrogens (tertiary/aromatic N) is 1. The third-order valence-corrected chi connectivity index (χ3v) is 4.14. The minimum atomic E-state index is -2.79. The zero-order valence-electron chi connectivity index (χ0n) is 8.72. The third-order valence-electron chi connectivity index (χ3n) is 1.99. The molecule has 1 N–H and O–H groups in total. The molecule has 0 heterocycles. The maximum Gasteiger partial charge on any atom is 0.317 e. The third kappa shape index (κ3) is 3.62. The summed E-state index contributed by atoms with van der Waals surface area (Å²) in [4.78, 5) is 10.5. The zero-order chi connectivity index (χ0) is 12.2. The summed E-state index contributed by atoms with van der Waals surface area (Å²) in [5, 5.41) is 8.60. The van der Waals surface area contributed by atoms with Gasteiger partial charge in [-0.3, -0.25) is 4.79 Å². The van der Waals surface area contributed by atoms with Crippen molar-refractivity contribution in [1.82, 2.24) is 0 Å². The van der Waals surface area contributed by atoms with E-state index in [-0.39, 0.29) is 11.6 Å². The number of carboxylic acids is 1. The molecular weight excluding hydrogens is 233 g/mol. The molecule has 0 aliphatic carbocycles. The fraction of sp³-hybridized carbons (Fsp3) is 0.300. The molecular formula is C10H12FNO3S. The van der Waals surface area contributed by atoms with Gasteiger partial charge in [0.25, 0.3) is 0 Å². The molecule has 4 nitrogen and oxygen atoms in total. The first-order valence-electron chi connectivity index (χ1n) is 4.52. The van der Waals surface area contributed by atoms with Gasteiger partial charge >= 0.3 is 5.97 Å². The van der Waals surface area contributed by atoms with Gasteiger partial charge in [0, 0.05) is 7.05 Å². The van der Waals surface area contributed by atoms with Gasteiger partial charge in [-0.2, -0.15) is 0 Å². The molecule has 88 valence electrons. The van der Waals surface area contributed by atoms with Crippen LogP contribution in [-0.2, 0) is 20.3 Å². The van der Waals surface area contributed by atoms with E-state index >= 15 is 0 Å². The second kappa shape index (κ2) is 5.07. The summed E-state index contributed by atoms with van der Waals surface area (Å²) >= 11 is 0. The molecule has 0 spiro atoms. The number of hydrogen-bond donors (Lipinski definition) is 1. The summed E-state index contributed by atoms with van der Waals surface area (Å²) in [6, 6.07) is 5.43.